The van der Waals surface area contributed by atoms with E-state index in [1.165, 1.54) is 39.6 Å². The molecule has 3 heteroatoms. The smallest absolute Gasteiger partial charge is 0.125 e. The Bertz CT molecular complexity index is 476. The molecule has 0 spiro atoms. The number of hydrogen-bond acceptors (Lipinski definition) is 2. The Labute approximate surface area is 124 Å². The van der Waals surface area contributed by atoms with Crippen LogP contribution in [-0.4, -0.2) is 13.2 Å². The molecule has 0 bridgehead atoms. The van der Waals surface area contributed by atoms with E-state index in [4.69, 9.17) is 10.5 Å². The van der Waals surface area contributed by atoms with E-state index < -0.39 is 0 Å². The van der Waals surface area contributed by atoms with Crippen molar-refractivity contribution in [3.05, 3.63) is 26.7 Å². The highest BCUT2D eigenvalue weighted by molar-refractivity contribution is 9.10. The summed E-state index contributed by atoms with van der Waals surface area (Å²) in [5.41, 5.74) is 11.3. The third kappa shape index (κ3) is 2.68. The number of rotatable bonds is 2. The lowest BCUT2D eigenvalue weighted by Crippen LogP contribution is -2.26. The Morgan fingerprint density at radius 3 is 2.11 bits per heavy atom. The van der Waals surface area contributed by atoms with Gasteiger partial charge in [0.15, 0.2) is 0 Å². The lowest BCUT2D eigenvalue weighted by Gasteiger charge is -2.30. The van der Waals surface area contributed by atoms with Crippen molar-refractivity contribution >= 4 is 15.9 Å². The van der Waals surface area contributed by atoms with Crippen LogP contribution in [0.3, 0.4) is 0 Å². The first kappa shape index (κ1) is 14.9. The Morgan fingerprint density at radius 1 is 1.00 bits per heavy atom. The van der Waals surface area contributed by atoms with Gasteiger partial charge in [0.2, 0.25) is 0 Å². The van der Waals surface area contributed by atoms with Gasteiger partial charge in [-0.3, -0.25) is 0 Å². The van der Waals surface area contributed by atoms with Gasteiger partial charge in [0.05, 0.1) is 7.11 Å². The van der Waals surface area contributed by atoms with Crippen molar-refractivity contribution in [3.8, 4) is 5.75 Å². The molecule has 106 valence electrons. The summed E-state index contributed by atoms with van der Waals surface area (Å²) in [6.45, 7) is 6.49. The zero-order chi connectivity index (χ0) is 14.2. The monoisotopic (exact) mass is 325 g/mol. The molecule has 0 saturated heterocycles. The van der Waals surface area contributed by atoms with Crippen molar-refractivity contribution in [2.75, 3.05) is 7.11 Å². The summed E-state index contributed by atoms with van der Waals surface area (Å²) in [6, 6.07) is 0.387. The molecule has 1 saturated carbocycles. The minimum absolute atomic E-state index is 0.387. The van der Waals surface area contributed by atoms with Gasteiger partial charge in [-0.15, -0.1) is 0 Å². The van der Waals surface area contributed by atoms with E-state index in [0.29, 0.717) is 12.0 Å². The first-order chi connectivity index (χ1) is 8.97. The second-order valence-electron chi connectivity index (χ2n) is 5.75. The molecule has 2 N–H and O–H groups in total. The van der Waals surface area contributed by atoms with Crippen molar-refractivity contribution in [2.45, 2.75) is 58.4 Å². The second-order valence-corrected chi connectivity index (χ2v) is 6.54. The van der Waals surface area contributed by atoms with Gasteiger partial charge in [0.25, 0.3) is 0 Å². The zero-order valence-corrected chi connectivity index (χ0v) is 13.9. The lowest BCUT2D eigenvalue weighted by molar-refractivity contribution is 0.366. The van der Waals surface area contributed by atoms with Crippen molar-refractivity contribution in [1.82, 2.24) is 0 Å². The fraction of sp³-hybridized carbons (Fsp3) is 0.625. The van der Waals surface area contributed by atoms with Crippen molar-refractivity contribution in [1.29, 1.82) is 0 Å². The van der Waals surface area contributed by atoms with Gasteiger partial charge in [-0.05, 0) is 69.1 Å². The molecule has 0 amide bonds. The quantitative estimate of drug-likeness (QED) is 0.876. The molecule has 2 rings (SSSR count). The standard InChI is InChI=1S/C16H24BrNO/c1-9-10(2)16(19-4)14(11(3)15(9)17)12-5-7-13(18)8-6-12/h12-13H,5-8,18H2,1-4H3. The molecule has 0 heterocycles. The van der Waals surface area contributed by atoms with Gasteiger partial charge < -0.3 is 10.5 Å². The van der Waals surface area contributed by atoms with Gasteiger partial charge in [0.1, 0.15) is 5.75 Å². The fourth-order valence-electron chi connectivity index (χ4n) is 3.27. The SMILES string of the molecule is COc1c(C)c(C)c(Br)c(C)c1C1CCC(N)CC1. The van der Waals surface area contributed by atoms with E-state index in [9.17, 15) is 0 Å². The molecule has 1 fully saturated rings. The van der Waals surface area contributed by atoms with Crippen LogP contribution in [0.1, 0.15) is 53.9 Å². The number of methoxy groups -OCH3 is 1. The topological polar surface area (TPSA) is 35.2 Å². The van der Waals surface area contributed by atoms with E-state index >= 15 is 0 Å². The normalized spacial score (nSPS) is 23.5. The van der Waals surface area contributed by atoms with E-state index in [-0.39, 0.29) is 0 Å². The predicted octanol–water partition coefficient (Wildman–Crippen LogP) is 4.37. The Hall–Kier alpha value is -0.540. The average Bonchev–Trinajstić information content (AvgIpc) is 2.41. The second kappa shape index (κ2) is 5.84. The van der Waals surface area contributed by atoms with Gasteiger partial charge in [0, 0.05) is 16.1 Å². The number of benzene rings is 1. The van der Waals surface area contributed by atoms with Crippen LogP contribution in [0, 0.1) is 20.8 Å². The summed E-state index contributed by atoms with van der Waals surface area (Å²) in [5.74, 6) is 1.67. The third-order valence-corrected chi connectivity index (χ3v) is 5.78. The summed E-state index contributed by atoms with van der Waals surface area (Å²) in [5, 5.41) is 0. The fourth-order valence-corrected chi connectivity index (χ4v) is 3.78. The van der Waals surface area contributed by atoms with Crippen LogP contribution in [0.5, 0.6) is 5.75 Å². The summed E-state index contributed by atoms with van der Waals surface area (Å²) in [4.78, 5) is 0. The van der Waals surface area contributed by atoms with Crippen LogP contribution < -0.4 is 10.5 Å². The average molecular weight is 326 g/mol. The lowest BCUT2D eigenvalue weighted by atomic mass is 9.79. The summed E-state index contributed by atoms with van der Waals surface area (Å²) in [6.07, 6.45) is 4.59. The van der Waals surface area contributed by atoms with E-state index in [0.717, 1.165) is 18.6 Å². The molecule has 0 radical (unpaired) electrons. The molecule has 0 aromatic heterocycles. The maximum absolute atomic E-state index is 6.03. The maximum atomic E-state index is 6.03. The number of nitrogens with two attached hydrogens (primary N) is 1. The Kier molecular flexibility index (Phi) is 4.57. The van der Waals surface area contributed by atoms with E-state index in [2.05, 4.69) is 36.7 Å². The van der Waals surface area contributed by atoms with Gasteiger partial charge in [-0.2, -0.15) is 0 Å². The van der Waals surface area contributed by atoms with Crippen molar-refractivity contribution in [3.63, 3.8) is 0 Å². The molecule has 1 aromatic rings. The van der Waals surface area contributed by atoms with Gasteiger partial charge in [-0.25, -0.2) is 0 Å². The highest BCUT2D eigenvalue weighted by Crippen LogP contribution is 2.44. The summed E-state index contributed by atoms with van der Waals surface area (Å²) >= 11 is 3.74. The molecule has 0 atom stereocenters. The first-order valence-corrected chi connectivity index (χ1v) is 7.85. The highest BCUT2D eigenvalue weighted by Gasteiger charge is 2.27. The minimum atomic E-state index is 0.387. The van der Waals surface area contributed by atoms with Crippen LogP contribution in [-0.2, 0) is 0 Å². The zero-order valence-electron chi connectivity index (χ0n) is 12.3. The minimum Gasteiger partial charge on any atom is -0.496 e. The highest BCUT2D eigenvalue weighted by atomic mass is 79.9. The van der Waals surface area contributed by atoms with Gasteiger partial charge in [-0.1, -0.05) is 15.9 Å². The molecular weight excluding hydrogens is 302 g/mol. The molecule has 19 heavy (non-hydrogen) atoms. The predicted molar refractivity (Wildman–Crippen MR) is 84.1 cm³/mol. The molecular formula is C16H24BrNO. The van der Waals surface area contributed by atoms with E-state index in [1.807, 2.05) is 0 Å². The van der Waals surface area contributed by atoms with Crippen molar-refractivity contribution < 1.29 is 4.74 Å². The van der Waals surface area contributed by atoms with Crippen LogP contribution in [0.15, 0.2) is 4.47 Å². The Morgan fingerprint density at radius 2 is 1.58 bits per heavy atom. The van der Waals surface area contributed by atoms with Crippen LogP contribution >= 0.6 is 15.9 Å². The first-order valence-electron chi connectivity index (χ1n) is 7.06. The number of ether oxygens (including phenoxy) is 1. The van der Waals surface area contributed by atoms with E-state index in [1.54, 1.807) is 7.11 Å². The number of halogens is 1. The van der Waals surface area contributed by atoms with Crippen molar-refractivity contribution in [2.24, 2.45) is 5.73 Å². The summed E-state index contributed by atoms with van der Waals surface area (Å²) in [7, 11) is 1.78. The maximum Gasteiger partial charge on any atom is 0.125 e. The molecule has 0 aliphatic heterocycles. The third-order valence-electron chi connectivity index (χ3n) is 4.59. The Balaban J connectivity index is 2.49. The molecule has 1 aliphatic rings. The van der Waals surface area contributed by atoms with Crippen LogP contribution in [0.25, 0.3) is 0 Å². The van der Waals surface area contributed by atoms with Gasteiger partial charge >= 0.3 is 0 Å². The molecule has 1 aliphatic carbocycles. The largest absolute Gasteiger partial charge is 0.496 e. The van der Waals surface area contributed by atoms with Crippen LogP contribution in [0.4, 0.5) is 0 Å². The molecule has 2 nitrogen and oxygen atoms in total. The van der Waals surface area contributed by atoms with Crippen LogP contribution in [0.2, 0.25) is 0 Å². The molecule has 1 aromatic carbocycles. The number of hydrogen-bond donors (Lipinski definition) is 1. The molecule has 0 unspecified atom stereocenters. The summed E-state index contributed by atoms with van der Waals surface area (Å²) < 4.78 is 6.95.